The van der Waals surface area contributed by atoms with E-state index in [0.29, 0.717) is 0 Å². The minimum atomic E-state index is -0.167. The molecular formula is C13H24O. The van der Waals surface area contributed by atoms with E-state index in [1.807, 2.05) is 0 Å². The Morgan fingerprint density at radius 3 is 2.36 bits per heavy atom. The summed E-state index contributed by atoms with van der Waals surface area (Å²) in [5.41, 5.74) is 2.90. The number of rotatable bonds is 1. The van der Waals surface area contributed by atoms with Gasteiger partial charge in [0.15, 0.2) is 0 Å². The monoisotopic (exact) mass is 196 g/mol. The first-order valence-electron chi connectivity index (χ1n) is 5.42. The van der Waals surface area contributed by atoms with Gasteiger partial charge in [0.2, 0.25) is 0 Å². The first kappa shape index (κ1) is 13.4. The average molecular weight is 196 g/mol. The van der Waals surface area contributed by atoms with E-state index in [-0.39, 0.29) is 6.10 Å². The summed E-state index contributed by atoms with van der Waals surface area (Å²) in [7, 11) is 0. The zero-order valence-corrected chi connectivity index (χ0v) is 10.0. The standard InChI is InChI=1S/C10H16.C3H8O/c1-8(2)10-6-4-9(3)5-7-10;1-3(2)4/h4,10H,1,5-7H2,2-3H3;3-4H,1-2H3/t10-;/m0./s1. The molecule has 0 aromatic heterocycles. The molecule has 1 atom stereocenters. The molecule has 0 radical (unpaired) electrons. The maximum absolute atomic E-state index is 8.06. The van der Waals surface area contributed by atoms with Gasteiger partial charge in [0, 0.05) is 6.10 Å². The number of aliphatic hydroxyl groups excluding tert-OH is 1. The maximum Gasteiger partial charge on any atom is 0.0483 e. The Bertz CT molecular complexity index is 199. The molecule has 0 saturated carbocycles. The molecule has 0 aromatic carbocycles. The molecule has 1 nitrogen and oxygen atoms in total. The molecule has 14 heavy (non-hydrogen) atoms. The lowest BCUT2D eigenvalue weighted by Crippen LogP contribution is -2.04. The molecule has 0 aromatic rings. The highest BCUT2D eigenvalue weighted by Crippen LogP contribution is 2.27. The van der Waals surface area contributed by atoms with Crippen molar-refractivity contribution >= 4 is 0 Å². The Morgan fingerprint density at radius 2 is 2.07 bits per heavy atom. The van der Waals surface area contributed by atoms with Gasteiger partial charge in [-0.05, 0) is 52.9 Å². The lowest BCUT2D eigenvalue weighted by molar-refractivity contribution is 0.216. The van der Waals surface area contributed by atoms with Gasteiger partial charge < -0.3 is 5.11 Å². The van der Waals surface area contributed by atoms with Crippen molar-refractivity contribution < 1.29 is 5.11 Å². The van der Waals surface area contributed by atoms with Crippen LogP contribution >= 0.6 is 0 Å². The SMILES string of the molecule is C=C(C)[C@H]1CC=C(C)CC1.CC(C)O. The average Bonchev–Trinajstić information content (AvgIpc) is 2.03. The van der Waals surface area contributed by atoms with Gasteiger partial charge in [0.25, 0.3) is 0 Å². The highest BCUT2D eigenvalue weighted by molar-refractivity contribution is 5.09. The summed E-state index contributed by atoms with van der Waals surface area (Å²) in [5.74, 6) is 0.767. The summed E-state index contributed by atoms with van der Waals surface area (Å²) in [6, 6.07) is 0. The molecule has 0 fully saturated rings. The lowest BCUT2D eigenvalue weighted by atomic mass is 9.86. The molecule has 0 unspecified atom stereocenters. The van der Waals surface area contributed by atoms with E-state index in [1.54, 1.807) is 19.4 Å². The van der Waals surface area contributed by atoms with Crippen LogP contribution in [0.25, 0.3) is 0 Å². The normalized spacial score (nSPS) is 21.0. The molecule has 1 heteroatoms. The zero-order valence-electron chi connectivity index (χ0n) is 10.0. The Morgan fingerprint density at radius 1 is 1.57 bits per heavy atom. The van der Waals surface area contributed by atoms with E-state index in [1.165, 1.54) is 24.8 Å². The fourth-order valence-corrected chi connectivity index (χ4v) is 1.41. The van der Waals surface area contributed by atoms with Crippen LogP contribution in [0, 0.1) is 5.92 Å². The number of allylic oxidation sites excluding steroid dienone is 3. The lowest BCUT2D eigenvalue weighted by Gasteiger charge is -2.19. The molecule has 82 valence electrons. The van der Waals surface area contributed by atoms with Crippen LogP contribution in [0.3, 0.4) is 0 Å². The summed E-state index contributed by atoms with van der Waals surface area (Å²) in [6.45, 7) is 11.8. The third kappa shape index (κ3) is 6.90. The topological polar surface area (TPSA) is 20.2 Å². The maximum atomic E-state index is 8.06. The summed E-state index contributed by atoms with van der Waals surface area (Å²) in [4.78, 5) is 0. The van der Waals surface area contributed by atoms with Crippen LogP contribution in [-0.2, 0) is 0 Å². The van der Waals surface area contributed by atoms with Gasteiger partial charge in [-0.3, -0.25) is 0 Å². The van der Waals surface area contributed by atoms with E-state index >= 15 is 0 Å². The fourth-order valence-electron chi connectivity index (χ4n) is 1.41. The van der Waals surface area contributed by atoms with Crippen molar-refractivity contribution in [1.29, 1.82) is 0 Å². The minimum Gasteiger partial charge on any atom is -0.394 e. The Hall–Kier alpha value is -0.560. The van der Waals surface area contributed by atoms with Crippen LogP contribution < -0.4 is 0 Å². The third-order valence-electron chi connectivity index (χ3n) is 2.33. The third-order valence-corrected chi connectivity index (χ3v) is 2.33. The van der Waals surface area contributed by atoms with Gasteiger partial charge in [-0.25, -0.2) is 0 Å². The van der Waals surface area contributed by atoms with E-state index in [2.05, 4.69) is 26.5 Å². The quantitative estimate of drug-likeness (QED) is 0.634. The van der Waals surface area contributed by atoms with E-state index in [9.17, 15) is 0 Å². The molecule has 1 aliphatic carbocycles. The molecule has 0 saturated heterocycles. The molecular weight excluding hydrogens is 172 g/mol. The fraction of sp³-hybridized carbons (Fsp3) is 0.692. The van der Waals surface area contributed by atoms with Crippen LogP contribution in [0.2, 0.25) is 0 Å². The Labute approximate surface area is 88.5 Å². The zero-order chi connectivity index (χ0) is 11.1. The van der Waals surface area contributed by atoms with Gasteiger partial charge in [0.1, 0.15) is 0 Å². The van der Waals surface area contributed by atoms with Crippen molar-refractivity contribution in [3.8, 4) is 0 Å². The first-order chi connectivity index (χ1) is 6.43. The number of hydrogen-bond donors (Lipinski definition) is 1. The van der Waals surface area contributed by atoms with Crippen LogP contribution in [0.1, 0.15) is 47.0 Å². The number of hydrogen-bond acceptors (Lipinski definition) is 1. The second kappa shape index (κ2) is 6.83. The second-order valence-electron chi connectivity index (χ2n) is 4.46. The Balaban J connectivity index is 0.000000364. The van der Waals surface area contributed by atoms with Gasteiger partial charge >= 0.3 is 0 Å². The van der Waals surface area contributed by atoms with Crippen molar-refractivity contribution in [3.63, 3.8) is 0 Å². The summed E-state index contributed by atoms with van der Waals surface area (Å²) >= 11 is 0. The van der Waals surface area contributed by atoms with Crippen molar-refractivity contribution in [1.82, 2.24) is 0 Å². The van der Waals surface area contributed by atoms with Gasteiger partial charge in [-0.15, -0.1) is 0 Å². The van der Waals surface area contributed by atoms with Crippen LogP contribution in [0.5, 0.6) is 0 Å². The predicted octanol–water partition coefficient (Wildman–Crippen LogP) is 3.70. The first-order valence-corrected chi connectivity index (χ1v) is 5.42. The van der Waals surface area contributed by atoms with Crippen molar-refractivity contribution in [2.24, 2.45) is 5.92 Å². The van der Waals surface area contributed by atoms with Crippen molar-refractivity contribution in [3.05, 3.63) is 23.8 Å². The number of aliphatic hydroxyl groups is 1. The van der Waals surface area contributed by atoms with E-state index in [0.717, 1.165) is 5.92 Å². The largest absolute Gasteiger partial charge is 0.394 e. The Kier molecular flexibility index (Phi) is 6.56. The summed E-state index contributed by atoms with van der Waals surface area (Å²) in [5, 5.41) is 8.06. The molecule has 0 spiro atoms. The van der Waals surface area contributed by atoms with Crippen LogP contribution in [-0.4, -0.2) is 11.2 Å². The molecule has 0 amide bonds. The molecule has 0 aliphatic heterocycles. The minimum absolute atomic E-state index is 0.167. The highest BCUT2D eigenvalue weighted by atomic mass is 16.3. The smallest absolute Gasteiger partial charge is 0.0483 e. The van der Waals surface area contributed by atoms with Crippen molar-refractivity contribution in [2.75, 3.05) is 0 Å². The van der Waals surface area contributed by atoms with Crippen LogP contribution in [0.4, 0.5) is 0 Å². The molecule has 1 aliphatic rings. The summed E-state index contributed by atoms with van der Waals surface area (Å²) < 4.78 is 0. The molecule has 1 rings (SSSR count). The van der Waals surface area contributed by atoms with E-state index in [4.69, 9.17) is 5.11 Å². The molecule has 0 heterocycles. The highest BCUT2D eigenvalue weighted by Gasteiger charge is 2.11. The second-order valence-corrected chi connectivity index (χ2v) is 4.46. The molecule has 0 bridgehead atoms. The summed E-state index contributed by atoms with van der Waals surface area (Å²) in [6.07, 6.45) is 6.00. The van der Waals surface area contributed by atoms with E-state index < -0.39 is 0 Å². The van der Waals surface area contributed by atoms with Gasteiger partial charge in [-0.1, -0.05) is 23.8 Å². The van der Waals surface area contributed by atoms with Gasteiger partial charge in [-0.2, -0.15) is 0 Å². The molecule has 1 N–H and O–H groups in total. The van der Waals surface area contributed by atoms with Crippen molar-refractivity contribution in [2.45, 2.75) is 53.1 Å². The predicted molar refractivity (Wildman–Crippen MR) is 63.3 cm³/mol. The van der Waals surface area contributed by atoms with Gasteiger partial charge in [0.05, 0.1) is 0 Å². The van der Waals surface area contributed by atoms with Crippen LogP contribution in [0.15, 0.2) is 23.8 Å².